The Kier molecular flexibility index (Phi) is 5.01. The summed E-state index contributed by atoms with van der Waals surface area (Å²) in [4.78, 5) is 19.6. The average molecular weight is 432 g/mol. The molecule has 0 saturated heterocycles. The first-order valence-corrected chi connectivity index (χ1v) is 8.70. The van der Waals surface area contributed by atoms with Crippen molar-refractivity contribution in [3.63, 3.8) is 0 Å². The fraction of sp³-hybridized carbons (Fsp3) is 0.100. The van der Waals surface area contributed by atoms with E-state index < -0.39 is 29.3 Å². The van der Waals surface area contributed by atoms with Crippen LogP contribution in [0.2, 0.25) is 0 Å². The summed E-state index contributed by atoms with van der Waals surface area (Å²) >= 11 is 0. The number of pyridine rings is 1. The van der Waals surface area contributed by atoms with Crippen LogP contribution in [0, 0.1) is 5.82 Å². The molecule has 0 aliphatic carbocycles. The number of halogens is 4. The van der Waals surface area contributed by atoms with E-state index in [0.717, 1.165) is 12.1 Å². The number of nitrogens with zero attached hydrogens (tertiary/aromatic N) is 4. The van der Waals surface area contributed by atoms with Gasteiger partial charge in [-0.15, -0.1) is 0 Å². The molecule has 3 aromatic heterocycles. The number of alkyl halides is 3. The second-order valence-electron chi connectivity index (χ2n) is 6.31. The van der Waals surface area contributed by atoms with Gasteiger partial charge in [-0.3, -0.25) is 4.57 Å². The number of aromatic nitrogens is 4. The molecular formula is C20H12F4N4O3. The molecule has 0 fully saturated rings. The van der Waals surface area contributed by atoms with Crippen LogP contribution in [0.4, 0.5) is 17.6 Å². The Hall–Kier alpha value is -4.02. The van der Waals surface area contributed by atoms with Crippen molar-refractivity contribution in [2.75, 3.05) is 7.11 Å². The monoisotopic (exact) mass is 432 g/mol. The Morgan fingerprint density at radius 1 is 1.16 bits per heavy atom. The van der Waals surface area contributed by atoms with Crippen LogP contribution in [0.1, 0.15) is 16.1 Å². The van der Waals surface area contributed by atoms with Crippen molar-refractivity contribution in [3.05, 3.63) is 72.3 Å². The maximum absolute atomic E-state index is 13.6. The minimum Gasteiger partial charge on any atom is -0.465 e. The van der Waals surface area contributed by atoms with E-state index in [0.29, 0.717) is 5.82 Å². The quantitative estimate of drug-likeness (QED) is 0.348. The summed E-state index contributed by atoms with van der Waals surface area (Å²) < 4.78 is 64.7. The number of imidazole rings is 1. The Bertz CT molecular complexity index is 1250. The van der Waals surface area contributed by atoms with Gasteiger partial charge < -0.3 is 9.26 Å². The van der Waals surface area contributed by atoms with Crippen LogP contribution in [0.15, 0.2) is 59.6 Å². The number of carbonyl (C=O) groups excluding carboxylic acids is 1. The normalized spacial score (nSPS) is 11.5. The number of rotatable bonds is 4. The number of esters is 1. The molecule has 0 spiro atoms. The first-order chi connectivity index (χ1) is 14.8. The maximum atomic E-state index is 13.6. The topological polar surface area (TPSA) is 83.0 Å². The van der Waals surface area contributed by atoms with Crippen LogP contribution in [-0.2, 0) is 10.9 Å². The second kappa shape index (κ2) is 7.67. The molecule has 7 nitrogen and oxygen atoms in total. The van der Waals surface area contributed by atoms with Gasteiger partial charge in [-0.2, -0.15) is 13.2 Å². The third-order valence-corrected chi connectivity index (χ3v) is 4.32. The summed E-state index contributed by atoms with van der Waals surface area (Å²) in [5, 5.41) is 3.51. The lowest BCUT2D eigenvalue weighted by Crippen LogP contribution is -2.05. The van der Waals surface area contributed by atoms with Gasteiger partial charge in [-0.25, -0.2) is 19.2 Å². The number of benzene rings is 1. The van der Waals surface area contributed by atoms with E-state index in [1.807, 2.05) is 0 Å². The van der Waals surface area contributed by atoms with E-state index in [1.54, 1.807) is 0 Å². The molecular weight excluding hydrogens is 420 g/mol. The van der Waals surface area contributed by atoms with Crippen LogP contribution >= 0.6 is 0 Å². The molecule has 0 N–H and O–H groups in total. The van der Waals surface area contributed by atoms with E-state index in [9.17, 15) is 22.4 Å². The summed E-state index contributed by atoms with van der Waals surface area (Å²) in [7, 11) is 1.23. The Balaban J connectivity index is 1.79. The zero-order valence-corrected chi connectivity index (χ0v) is 15.7. The molecule has 1 aromatic carbocycles. The highest BCUT2D eigenvalue weighted by molar-refractivity contribution is 5.89. The molecule has 3 heterocycles. The van der Waals surface area contributed by atoms with Gasteiger partial charge in [0.15, 0.2) is 0 Å². The zero-order valence-electron chi connectivity index (χ0n) is 15.7. The van der Waals surface area contributed by atoms with Gasteiger partial charge in [-0.05, 0) is 24.3 Å². The van der Waals surface area contributed by atoms with Crippen LogP contribution in [0.3, 0.4) is 0 Å². The van der Waals surface area contributed by atoms with Crippen molar-refractivity contribution in [1.29, 1.82) is 0 Å². The van der Waals surface area contributed by atoms with Gasteiger partial charge in [0, 0.05) is 18.0 Å². The van der Waals surface area contributed by atoms with Crippen LogP contribution in [0.25, 0.3) is 28.3 Å². The summed E-state index contributed by atoms with van der Waals surface area (Å²) in [5.74, 6) is -2.28. The molecule has 0 aliphatic heterocycles. The van der Waals surface area contributed by atoms with Crippen molar-refractivity contribution >= 4 is 5.97 Å². The Morgan fingerprint density at radius 3 is 2.61 bits per heavy atom. The lowest BCUT2D eigenvalue weighted by molar-refractivity contribution is -0.154. The van der Waals surface area contributed by atoms with Gasteiger partial charge in [0.2, 0.25) is 5.76 Å². The summed E-state index contributed by atoms with van der Waals surface area (Å²) in [6, 6.07) is 7.89. The van der Waals surface area contributed by atoms with E-state index in [4.69, 9.17) is 0 Å². The van der Waals surface area contributed by atoms with Gasteiger partial charge in [-0.1, -0.05) is 17.3 Å². The Morgan fingerprint density at radius 2 is 1.97 bits per heavy atom. The number of hydrogen-bond donors (Lipinski definition) is 0. The molecule has 0 unspecified atom stereocenters. The highest BCUT2D eigenvalue weighted by Crippen LogP contribution is 2.42. The molecule has 31 heavy (non-hydrogen) atoms. The molecule has 0 amide bonds. The lowest BCUT2D eigenvalue weighted by Gasteiger charge is -2.05. The predicted molar refractivity (Wildman–Crippen MR) is 98.6 cm³/mol. The van der Waals surface area contributed by atoms with Gasteiger partial charge in [0.1, 0.15) is 23.7 Å². The Labute approximate surface area is 171 Å². The van der Waals surface area contributed by atoms with E-state index in [-0.39, 0.29) is 22.5 Å². The number of ether oxygens (including phenoxy) is 1. The van der Waals surface area contributed by atoms with Crippen molar-refractivity contribution in [2.45, 2.75) is 6.18 Å². The maximum Gasteiger partial charge on any atom is 0.453 e. The predicted octanol–water partition coefficient (Wildman–Crippen LogP) is 4.53. The van der Waals surface area contributed by atoms with E-state index >= 15 is 0 Å². The summed E-state index contributed by atoms with van der Waals surface area (Å²) in [6.07, 6.45) is -1.04. The number of carbonyl (C=O) groups is 1. The van der Waals surface area contributed by atoms with E-state index in [2.05, 4.69) is 24.4 Å². The van der Waals surface area contributed by atoms with Gasteiger partial charge >= 0.3 is 12.1 Å². The third-order valence-electron chi connectivity index (χ3n) is 4.32. The molecule has 0 aliphatic rings. The number of hydrogen-bond acceptors (Lipinski definition) is 6. The van der Waals surface area contributed by atoms with Gasteiger partial charge in [0.25, 0.3) is 0 Å². The summed E-state index contributed by atoms with van der Waals surface area (Å²) in [5.41, 5.74) is -0.427. The molecule has 4 aromatic rings. The smallest absolute Gasteiger partial charge is 0.453 e. The first kappa shape index (κ1) is 20.3. The highest BCUT2D eigenvalue weighted by Gasteiger charge is 2.41. The highest BCUT2D eigenvalue weighted by atomic mass is 19.4. The standard InChI is InChI=1S/C20H12F4N4O3/c1-30-19(29)12-5-6-15(25-8-12)28-9-14(26-10-28)16-17(11-3-2-4-13(21)7-11)27-31-18(16)20(22,23)24/h2-10H,1H3. The van der Waals surface area contributed by atoms with Crippen LogP contribution < -0.4 is 0 Å². The van der Waals surface area contributed by atoms with Crippen molar-refractivity contribution in [1.82, 2.24) is 19.7 Å². The second-order valence-corrected chi connectivity index (χ2v) is 6.31. The molecule has 0 atom stereocenters. The minimum absolute atomic E-state index is 0.101. The lowest BCUT2D eigenvalue weighted by atomic mass is 10.0. The molecule has 0 bridgehead atoms. The molecule has 4 rings (SSSR count). The van der Waals surface area contributed by atoms with Crippen LogP contribution in [-0.4, -0.2) is 32.8 Å². The average Bonchev–Trinajstić information content (AvgIpc) is 3.40. The molecule has 0 radical (unpaired) electrons. The SMILES string of the molecule is COC(=O)c1ccc(-n2cnc(-c3c(-c4cccc(F)c4)noc3C(F)(F)F)c2)nc1. The largest absolute Gasteiger partial charge is 0.465 e. The van der Waals surface area contributed by atoms with E-state index in [1.165, 1.54) is 54.7 Å². The fourth-order valence-electron chi connectivity index (χ4n) is 2.91. The first-order valence-electron chi connectivity index (χ1n) is 8.70. The number of methoxy groups -OCH3 is 1. The molecule has 0 saturated carbocycles. The van der Waals surface area contributed by atoms with Crippen LogP contribution in [0.5, 0.6) is 0 Å². The molecule has 158 valence electrons. The van der Waals surface area contributed by atoms with Crippen molar-refractivity contribution in [2.24, 2.45) is 0 Å². The summed E-state index contributed by atoms with van der Waals surface area (Å²) in [6.45, 7) is 0. The minimum atomic E-state index is -4.85. The van der Waals surface area contributed by atoms with Gasteiger partial charge in [0.05, 0.1) is 23.9 Å². The van der Waals surface area contributed by atoms with Crippen molar-refractivity contribution in [3.8, 4) is 28.3 Å². The fourth-order valence-corrected chi connectivity index (χ4v) is 2.91. The zero-order chi connectivity index (χ0) is 22.2. The third kappa shape index (κ3) is 3.89. The van der Waals surface area contributed by atoms with Crippen molar-refractivity contribution < 1.29 is 31.6 Å². The molecule has 11 heteroatoms.